The van der Waals surface area contributed by atoms with Gasteiger partial charge in [-0.25, -0.2) is 8.42 Å². The standard InChI is InChI=1S/C29H33BrClN3O4S/c1-5-21(3)32-29(36)22(4)33(18-23-11-13-24(30)14-12-23)28(35)19-34(26-8-6-7-25(31)17-26)39(37,38)27-15-9-20(2)10-16-27/h6-17,21-22H,5,18-19H2,1-4H3,(H,32,36)/t21-,22-/m0/s1. The first-order chi connectivity index (χ1) is 18.4. The second-order valence-corrected chi connectivity index (χ2v) is 12.7. The van der Waals surface area contributed by atoms with Gasteiger partial charge in [0.15, 0.2) is 0 Å². The van der Waals surface area contributed by atoms with Gasteiger partial charge in [-0.15, -0.1) is 0 Å². The lowest BCUT2D eigenvalue weighted by Gasteiger charge is -2.32. The first-order valence-electron chi connectivity index (χ1n) is 12.6. The Hall–Kier alpha value is -2.88. The molecule has 0 fully saturated rings. The van der Waals surface area contributed by atoms with Crippen molar-refractivity contribution in [1.29, 1.82) is 0 Å². The van der Waals surface area contributed by atoms with Crippen LogP contribution in [0.1, 0.15) is 38.3 Å². The lowest BCUT2D eigenvalue weighted by Crippen LogP contribution is -2.52. The van der Waals surface area contributed by atoms with E-state index in [1.165, 1.54) is 23.1 Å². The van der Waals surface area contributed by atoms with Crippen molar-refractivity contribution in [3.8, 4) is 0 Å². The molecule has 0 saturated heterocycles. The van der Waals surface area contributed by atoms with Gasteiger partial charge >= 0.3 is 0 Å². The van der Waals surface area contributed by atoms with Crippen LogP contribution in [0.2, 0.25) is 5.02 Å². The topological polar surface area (TPSA) is 86.8 Å². The van der Waals surface area contributed by atoms with Gasteiger partial charge in [0.25, 0.3) is 10.0 Å². The maximum Gasteiger partial charge on any atom is 0.264 e. The van der Waals surface area contributed by atoms with E-state index in [2.05, 4.69) is 21.2 Å². The van der Waals surface area contributed by atoms with Crippen molar-refractivity contribution in [2.75, 3.05) is 10.8 Å². The third-order valence-electron chi connectivity index (χ3n) is 6.42. The van der Waals surface area contributed by atoms with Crippen molar-refractivity contribution in [1.82, 2.24) is 10.2 Å². The second-order valence-electron chi connectivity index (χ2n) is 9.45. The number of rotatable bonds is 11. The number of carbonyl (C=O) groups is 2. The molecule has 3 rings (SSSR count). The maximum atomic E-state index is 13.9. The Morgan fingerprint density at radius 1 is 1.00 bits per heavy atom. The van der Waals surface area contributed by atoms with E-state index in [1.54, 1.807) is 37.3 Å². The third-order valence-corrected chi connectivity index (χ3v) is 8.97. The molecule has 0 radical (unpaired) electrons. The summed E-state index contributed by atoms with van der Waals surface area (Å²) in [7, 11) is -4.14. The molecule has 0 aromatic heterocycles. The van der Waals surface area contributed by atoms with Crippen LogP contribution < -0.4 is 9.62 Å². The number of hydrogen-bond acceptors (Lipinski definition) is 4. The third kappa shape index (κ3) is 8.06. The van der Waals surface area contributed by atoms with Crippen molar-refractivity contribution >= 4 is 55.1 Å². The molecule has 2 atom stereocenters. The molecule has 0 aliphatic heterocycles. The normalized spacial score (nSPS) is 12.9. The molecule has 0 unspecified atom stereocenters. The molecule has 3 aromatic carbocycles. The van der Waals surface area contributed by atoms with Crippen LogP contribution in [0.4, 0.5) is 5.69 Å². The van der Waals surface area contributed by atoms with Crippen LogP contribution in [0.5, 0.6) is 0 Å². The zero-order valence-electron chi connectivity index (χ0n) is 22.4. The molecule has 7 nitrogen and oxygen atoms in total. The molecule has 0 saturated carbocycles. The number of nitrogens with one attached hydrogen (secondary N) is 1. The molecule has 3 aromatic rings. The van der Waals surface area contributed by atoms with Crippen LogP contribution in [-0.4, -0.2) is 43.8 Å². The Bertz CT molecular complexity index is 1400. The second kappa shape index (κ2) is 13.5. The van der Waals surface area contributed by atoms with Crippen LogP contribution in [0.15, 0.2) is 82.2 Å². The fourth-order valence-electron chi connectivity index (χ4n) is 3.83. The van der Waals surface area contributed by atoms with Gasteiger partial charge in [-0.2, -0.15) is 0 Å². The molecule has 2 amide bonds. The summed E-state index contributed by atoms with van der Waals surface area (Å²) in [6.07, 6.45) is 0.733. The van der Waals surface area contributed by atoms with Crippen LogP contribution >= 0.6 is 27.5 Å². The van der Waals surface area contributed by atoms with Crippen LogP contribution in [0.25, 0.3) is 0 Å². The van der Waals surface area contributed by atoms with Gasteiger partial charge in [0, 0.05) is 22.1 Å². The zero-order valence-corrected chi connectivity index (χ0v) is 25.6. The molecule has 1 N–H and O–H groups in total. The molecule has 208 valence electrons. The molecule has 39 heavy (non-hydrogen) atoms. The minimum Gasteiger partial charge on any atom is -0.352 e. The molecular formula is C29H33BrClN3O4S. The number of sulfonamides is 1. The van der Waals surface area contributed by atoms with Gasteiger partial charge in [0.05, 0.1) is 10.6 Å². The fourth-order valence-corrected chi connectivity index (χ4v) is 5.69. The van der Waals surface area contributed by atoms with Crippen molar-refractivity contribution in [2.24, 2.45) is 0 Å². The quantitative estimate of drug-likeness (QED) is 0.283. The van der Waals surface area contributed by atoms with E-state index in [0.29, 0.717) is 5.02 Å². The van der Waals surface area contributed by atoms with E-state index < -0.39 is 28.5 Å². The number of aryl methyl sites for hydroxylation is 1. The summed E-state index contributed by atoms with van der Waals surface area (Å²) in [5.74, 6) is -0.842. The minimum absolute atomic E-state index is 0.0443. The van der Waals surface area contributed by atoms with Crippen molar-refractivity contribution in [2.45, 2.75) is 57.6 Å². The summed E-state index contributed by atoms with van der Waals surface area (Å²) in [5, 5.41) is 3.25. The number of benzene rings is 3. The lowest BCUT2D eigenvalue weighted by atomic mass is 10.1. The van der Waals surface area contributed by atoms with E-state index >= 15 is 0 Å². The van der Waals surface area contributed by atoms with Crippen molar-refractivity contribution in [3.05, 3.63) is 93.4 Å². The Balaban J connectivity index is 2.02. The molecule has 0 spiro atoms. The highest BCUT2D eigenvalue weighted by Gasteiger charge is 2.32. The largest absolute Gasteiger partial charge is 0.352 e. The van der Waals surface area contributed by atoms with E-state index in [9.17, 15) is 18.0 Å². The smallest absolute Gasteiger partial charge is 0.264 e. The minimum atomic E-state index is -4.14. The number of anilines is 1. The summed E-state index contributed by atoms with van der Waals surface area (Å²) in [4.78, 5) is 28.5. The monoisotopic (exact) mass is 633 g/mol. The number of hydrogen-bond donors (Lipinski definition) is 1. The molecule has 10 heteroatoms. The van der Waals surface area contributed by atoms with Crippen molar-refractivity contribution in [3.63, 3.8) is 0 Å². The molecule has 0 bridgehead atoms. The number of nitrogens with zero attached hydrogens (tertiary/aromatic N) is 2. The van der Waals surface area contributed by atoms with Gasteiger partial charge in [-0.1, -0.05) is 70.3 Å². The highest BCUT2D eigenvalue weighted by atomic mass is 79.9. The van der Waals surface area contributed by atoms with Gasteiger partial charge < -0.3 is 10.2 Å². The van der Waals surface area contributed by atoms with Gasteiger partial charge in [0.1, 0.15) is 12.6 Å². The first kappa shape index (κ1) is 30.7. The average Bonchev–Trinajstić information content (AvgIpc) is 2.90. The van der Waals surface area contributed by atoms with Gasteiger partial charge in [0.2, 0.25) is 11.8 Å². The zero-order chi connectivity index (χ0) is 28.7. The predicted molar refractivity (Wildman–Crippen MR) is 159 cm³/mol. The van der Waals surface area contributed by atoms with Crippen LogP contribution in [-0.2, 0) is 26.2 Å². The SMILES string of the molecule is CC[C@H](C)NC(=O)[C@H](C)N(Cc1ccc(Br)cc1)C(=O)CN(c1cccc(Cl)c1)S(=O)(=O)c1ccc(C)cc1. The Morgan fingerprint density at radius 3 is 2.23 bits per heavy atom. The van der Waals surface area contributed by atoms with E-state index in [0.717, 1.165) is 26.3 Å². The van der Waals surface area contributed by atoms with Gasteiger partial charge in [-0.3, -0.25) is 13.9 Å². The number of amides is 2. The van der Waals surface area contributed by atoms with Crippen molar-refractivity contribution < 1.29 is 18.0 Å². The van der Waals surface area contributed by atoms with E-state index in [1.807, 2.05) is 45.0 Å². The highest BCUT2D eigenvalue weighted by Crippen LogP contribution is 2.27. The van der Waals surface area contributed by atoms with Crippen LogP contribution in [0.3, 0.4) is 0 Å². The Labute approximate surface area is 244 Å². The van der Waals surface area contributed by atoms with Crippen LogP contribution in [0, 0.1) is 6.92 Å². The maximum absolute atomic E-state index is 13.9. The molecule has 0 aliphatic carbocycles. The number of carbonyl (C=O) groups excluding carboxylic acids is 2. The summed E-state index contributed by atoms with van der Waals surface area (Å²) in [5.41, 5.74) is 1.95. The Kier molecular flexibility index (Phi) is 10.6. The summed E-state index contributed by atoms with van der Waals surface area (Å²) >= 11 is 9.62. The van der Waals surface area contributed by atoms with Gasteiger partial charge in [-0.05, 0) is 75.2 Å². The summed E-state index contributed by atoms with van der Waals surface area (Å²) < 4.78 is 29.6. The predicted octanol–water partition coefficient (Wildman–Crippen LogP) is 5.94. The fraction of sp³-hybridized carbons (Fsp3) is 0.310. The molecular weight excluding hydrogens is 602 g/mol. The summed E-state index contributed by atoms with van der Waals surface area (Å²) in [6, 6.07) is 19.2. The Morgan fingerprint density at radius 2 is 1.64 bits per heavy atom. The lowest BCUT2D eigenvalue weighted by molar-refractivity contribution is -0.139. The number of halogens is 2. The first-order valence-corrected chi connectivity index (χ1v) is 15.2. The van der Waals surface area contributed by atoms with E-state index in [-0.39, 0.29) is 29.1 Å². The van der Waals surface area contributed by atoms with E-state index in [4.69, 9.17) is 11.6 Å². The average molecular weight is 635 g/mol. The highest BCUT2D eigenvalue weighted by molar-refractivity contribution is 9.10. The molecule has 0 aliphatic rings. The molecule has 0 heterocycles. The summed E-state index contributed by atoms with van der Waals surface area (Å²) in [6.45, 7) is 6.95.